The summed E-state index contributed by atoms with van der Waals surface area (Å²) in [5.41, 5.74) is 0. The van der Waals surface area contributed by atoms with Gasteiger partial charge in [0.05, 0.1) is 11.9 Å². The summed E-state index contributed by atoms with van der Waals surface area (Å²) in [6.07, 6.45) is 0. The van der Waals surface area contributed by atoms with Crippen LogP contribution in [-0.4, -0.2) is 13.6 Å². The molecular formula is CH2Cl2O3S. The van der Waals surface area contributed by atoms with Gasteiger partial charge in [-0.2, -0.15) is 12.2 Å². The third-order valence-electron chi connectivity index (χ3n) is 0.230. The molecule has 0 aromatic heterocycles. The second-order valence-corrected chi connectivity index (χ2v) is 3.22. The highest BCUT2D eigenvalue weighted by Crippen LogP contribution is 1.96. The summed E-state index contributed by atoms with van der Waals surface area (Å²) in [4.78, 5) is 0. The molecule has 0 aromatic carbocycles. The highest BCUT2D eigenvalue weighted by Gasteiger charge is 2.04. The Bertz CT molecular complexity index is 116. The van der Waals surface area contributed by atoms with Gasteiger partial charge in [0.15, 0.2) is 5.21 Å². The van der Waals surface area contributed by atoms with Crippen LogP contribution in [0.15, 0.2) is 0 Å². The summed E-state index contributed by atoms with van der Waals surface area (Å²) < 4.78 is 23.2. The van der Waals surface area contributed by atoms with Crippen molar-refractivity contribution in [2.24, 2.45) is 0 Å². The zero-order chi connectivity index (χ0) is 5.91. The molecule has 0 N–H and O–H groups in total. The average molecular weight is 165 g/mol. The Labute approximate surface area is 51.5 Å². The van der Waals surface area contributed by atoms with Crippen LogP contribution < -0.4 is 0 Å². The van der Waals surface area contributed by atoms with Gasteiger partial charge in [0.25, 0.3) is 10.1 Å². The smallest absolute Gasteiger partial charge is 0.197 e. The van der Waals surface area contributed by atoms with Crippen LogP contribution in [0.4, 0.5) is 0 Å². The molecule has 0 aliphatic rings. The van der Waals surface area contributed by atoms with E-state index in [1.54, 1.807) is 0 Å². The van der Waals surface area contributed by atoms with Crippen molar-refractivity contribution >= 4 is 33.6 Å². The number of hydrogen-bond donors (Lipinski definition) is 0. The molecule has 0 amide bonds. The van der Waals surface area contributed by atoms with E-state index in [4.69, 9.17) is 11.6 Å². The van der Waals surface area contributed by atoms with E-state index in [0.29, 0.717) is 0 Å². The predicted octanol–water partition coefficient (Wildman–Crippen LogP) is 0.683. The minimum absolute atomic E-state index is 0.615. The molecule has 0 radical (unpaired) electrons. The van der Waals surface area contributed by atoms with Crippen molar-refractivity contribution in [3.8, 4) is 0 Å². The zero-order valence-corrected chi connectivity index (χ0v) is 5.42. The van der Waals surface area contributed by atoms with Crippen molar-refractivity contribution in [3.05, 3.63) is 0 Å². The molecule has 0 fully saturated rings. The monoisotopic (exact) mass is 164 g/mol. The molecule has 0 heterocycles. The topological polar surface area (TPSA) is 43.4 Å². The van der Waals surface area contributed by atoms with Crippen LogP contribution in [0.25, 0.3) is 0 Å². The third-order valence-corrected chi connectivity index (χ3v) is 2.07. The fraction of sp³-hybridized carbons (Fsp3) is 1.00. The van der Waals surface area contributed by atoms with Crippen molar-refractivity contribution in [3.63, 3.8) is 0 Å². The van der Waals surface area contributed by atoms with Gasteiger partial charge in [-0.15, -0.1) is 11.6 Å². The Hall–Kier alpha value is 0.490. The van der Waals surface area contributed by atoms with Crippen LogP contribution in [0.3, 0.4) is 0 Å². The van der Waals surface area contributed by atoms with Gasteiger partial charge >= 0.3 is 0 Å². The minimum Gasteiger partial charge on any atom is -0.197 e. The lowest BCUT2D eigenvalue weighted by molar-refractivity contribution is 0.514. The molecule has 0 bridgehead atoms. The lowest BCUT2D eigenvalue weighted by atomic mass is 11.9. The molecule has 0 rings (SSSR count). The summed E-state index contributed by atoms with van der Waals surface area (Å²) >= 11 is 9.22. The van der Waals surface area contributed by atoms with Gasteiger partial charge in [0.2, 0.25) is 0 Å². The standard InChI is InChI=1S/CH2Cl2O3S/c2-1-7(4,5)6-3/h1H2. The van der Waals surface area contributed by atoms with Crippen molar-refractivity contribution in [1.82, 2.24) is 0 Å². The summed E-state index contributed by atoms with van der Waals surface area (Å²) in [5, 5.41) is -0.615. The second-order valence-electron chi connectivity index (χ2n) is 0.730. The Morgan fingerprint density at radius 3 is 2.00 bits per heavy atom. The number of alkyl halides is 1. The maximum atomic E-state index is 9.88. The van der Waals surface area contributed by atoms with Crippen molar-refractivity contribution in [1.29, 1.82) is 0 Å². The van der Waals surface area contributed by atoms with Crippen LogP contribution in [0.2, 0.25) is 0 Å². The van der Waals surface area contributed by atoms with Gasteiger partial charge in [0.1, 0.15) is 0 Å². The molecule has 0 spiro atoms. The van der Waals surface area contributed by atoms with Crippen molar-refractivity contribution in [2.45, 2.75) is 0 Å². The average Bonchev–Trinajstić information content (AvgIpc) is 1.68. The van der Waals surface area contributed by atoms with E-state index in [0.717, 1.165) is 0 Å². The summed E-state index contributed by atoms with van der Waals surface area (Å²) in [5.74, 6) is 0. The van der Waals surface area contributed by atoms with Gasteiger partial charge in [-0.05, 0) is 0 Å². The van der Waals surface area contributed by atoms with Gasteiger partial charge < -0.3 is 0 Å². The van der Waals surface area contributed by atoms with E-state index in [1.165, 1.54) is 0 Å². The quantitative estimate of drug-likeness (QED) is 0.565. The maximum absolute atomic E-state index is 9.88. The molecule has 0 atom stereocenters. The molecule has 7 heavy (non-hydrogen) atoms. The lowest BCUT2D eigenvalue weighted by Crippen LogP contribution is -1.98. The maximum Gasteiger partial charge on any atom is 0.297 e. The number of rotatable bonds is 2. The highest BCUT2D eigenvalue weighted by molar-refractivity contribution is 7.88. The van der Waals surface area contributed by atoms with Crippen LogP contribution >= 0.6 is 23.5 Å². The molecule has 0 saturated heterocycles. The molecule has 0 unspecified atom stereocenters. The van der Waals surface area contributed by atoms with E-state index in [9.17, 15) is 8.42 Å². The van der Waals surface area contributed by atoms with E-state index >= 15 is 0 Å². The Balaban J connectivity index is 3.89. The van der Waals surface area contributed by atoms with Gasteiger partial charge in [-0.3, -0.25) is 0 Å². The number of hydrogen-bond acceptors (Lipinski definition) is 3. The van der Waals surface area contributed by atoms with Crippen LogP contribution in [0, 0.1) is 0 Å². The van der Waals surface area contributed by atoms with Crippen molar-refractivity contribution < 1.29 is 12.2 Å². The molecule has 6 heteroatoms. The van der Waals surface area contributed by atoms with Crippen LogP contribution in [0.5, 0.6) is 0 Å². The lowest BCUT2D eigenvalue weighted by Gasteiger charge is -1.85. The van der Waals surface area contributed by atoms with E-state index in [1.807, 2.05) is 0 Å². The van der Waals surface area contributed by atoms with E-state index < -0.39 is 15.3 Å². The largest absolute Gasteiger partial charge is 0.297 e. The number of halogens is 2. The third kappa shape index (κ3) is 3.11. The first-order valence-electron chi connectivity index (χ1n) is 1.21. The van der Waals surface area contributed by atoms with Crippen LogP contribution in [-0.2, 0) is 13.9 Å². The summed E-state index contributed by atoms with van der Waals surface area (Å²) in [6.45, 7) is 0. The van der Waals surface area contributed by atoms with Gasteiger partial charge in [-0.25, -0.2) is 0 Å². The summed E-state index contributed by atoms with van der Waals surface area (Å²) in [6, 6.07) is 0. The first kappa shape index (κ1) is 7.49. The van der Waals surface area contributed by atoms with E-state index in [-0.39, 0.29) is 0 Å². The molecular weight excluding hydrogens is 163 g/mol. The molecule has 0 aliphatic heterocycles. The first-order valence-corrected chi connectivity index (χ1v) is 3.63. The van der Waals surface area contributed by atoms with Crippen molar-refractivity contribution in [2.75, 3.05) is 5.21 Å². The predicted molar refractivity (Wildman–Crippen MR) is 26.6 cm³/mol. The zero-order valence-electron chi connectivity index (χ0n) is 3.10. The van der Waals surface area contributed by atoms with Gasteiger partial charge in [-0.1, -0.05) is 0 Å². The Morgan fingerprint density at radius 1 is 1.57 bits per heavy atom. The van der Waals surface area contributed by atoms with Gasteiger partial charge in [0, 0.05) is 0 Å². The SMILES string of the molecule is O=S(=O)(CCl)OCl. The second kappa shape index (κ2) is 2.71. The molecule has 0 saturated carbocycles. The first-order chi connectivity index (χ1) is 3.12. The molecule has 0 aromatic rings. The minimum atomic E-state index is -3.63. The fourth-order valence-electron chi connectivity index (χ4n) is 0.0168. The fourth-order valence-corrected chi connectivity index (χ4v) is 0.455. The Kier molecular flexibility index (Phi) is 2.90. The highest BCUT2D eigenvalue weighted by atomic mass is 35.5. The van der Waals surface area contributed by atoms with Crippen LogP contribution in [0.1, 0.15) is 0 Å². The summed E-state index contributed by atoms with van der Waals surface area (Å²) in [7, 11) is -3.63. The molecule has 0 aliphatic carbocycles. The normalized spacial score (nSPS) is 11.7. The molecule has 3 nitrogen and oxygen atoms in total. The van der Waals surface area contributed by atoms with E-state index in [2.05, 4.69) is 15.6 Å². The molecule has 44 valence electrons. The Morgan fingerprint density at radius 2 is 2.00 bits per heavy atom.